The quantitative estimate of drug-likeness (QED) is 0.577. The van der Waals surface area contributed by atoms with E-state index in [9.17, 15) is 4.79 Å². The second-order valence-electron chi connectivity index (χ2n) is 3.09. The van der Waals surface area contributed by atoms with Crippen molar-refractivity contribution in [3.8, 4) is 0 Å². The zero-order valence-electron chi connectivity index (χ0n) is 6.71. The van der Waals surface area contributed by atoms with Gasteiger partial charge >= 0.3 is 0 Å². The first-order valence-electron chi connectivity index (χ1n) is 3.70. The molecule has 0 aromatic carbocycles. The molecular weight excluding hydrogens is 142 g/mol. The third-order valence-corrected chi connectivity index (χ3v) is 1.67. The number of likely N-dealkylation sites (tertiary alicyclic amines) is 1. The fourth-order valence-electron chi connectivity index (χ4n) is 1.03. The van der Waals surface area contributed by atoms with Gasteiger partial charge in [-0.25, -0.2) is 0 Å². The van der Waals surface area contributed by atoms with Crippen LogP contribution in [0.1, 0.15) is 13.3 Å². The number of hydrogen-bond donors (Lipinski definition) is 1. The van der Waals surface area contributed by atoms with Crippen molar-refractivity contribution in [2.75, 3.05) is 13.1 Å². The van der Waals surface area contributed by atoms with Gasteiger partial charge in [0.1, 0.15) is 0 Å². The zero-order chi connectivity index (χ0) is 8.43. The lowest BCUT2D eigenvalue weighted by Gasteiger charge is -2.35. The lowest BCUT2D eigenvalue weighted by Crippen LogP contribution is -2.53. The van der Waals surface area contributed by atoms with Crippen molar-refractivity contribution in [1.82, 2.24) is 4.90 Å². The number of aliphatic hydroxyl groups is 1. The van der Waals surface area contributed by atoms with E-state index in [4.69, 9.17) is 5.11 Å². The summed E-state index contributed by atoms with van der Waals surface area (Å²) in [5.74, 6) is 0.0720. The monoisotopic (exact) mass is 155 g/mol. The maximum absolute atomic E-state index is 11.1. The summed E-state index contributed by atoms with van der Waals surface area (Å²) in [6.45, 7) is 6.46. The Morgan fingerprint density at radius 2 is 2.27 bits per heavy atom. The van der Waals surface area contributed by atoms with E-state index in [2.05, 4.69) is 6.58 Å². The molecular formula is C8H13NO2. The van der Waals surface area contributed by atoms with Crippen LogP contribution in [-0.2, 0) is 4.79 Å². The van der Waals surface area contributed by atoms with Crippen LogP contribution in [0.5, 0.6) is 0 Å². The van der Waals surface area contributed by atoms with E-state index in [-0.39, 0.29) is 12.0 Å². The van der Waals surface area contributed by atoms with E-state index in [0.29, 0.717) is 19.5 Å². The minimum atomic E-state index is -0.302. The van der Waals surface area contributed by atoms with Crippen LogP contribution >= 0.6 is 0 Å². The number of rotatable bonds is 2. The Hall–Kier alpha value is -0.830. The summed E-state index contributed by atoms with van der Waals surface area (Å²) < 4.78 is 0. The van der Waals surface area contributed by atoms with E-state index < -0.39 is 0 Å². The van der Waals surface area contributed by atoms with Crippen molar-refractivity contribution in [3.63, 3.8) is 0 Å². The van der Waals surface area contributed by atoms with Crippen LogP contribution in [0.25, 0.3) is 0 Å². The molecule has 1 aliphatic heterocycles. The van der Waals surface area contributed by atoms with Crippen molar-refractivity contribution < 1.29 is 9.90 Å². The standard InChI is InChI=1S/C8H13NO2/c1-6(2)3-8(11)9-4-7(10)5-9/h7,10H,1,3-5H2,2H3. The molecule has 62 valence electrons. The summed E-state index contributed by atoms with van der Waals surface area (Å²) in [4.78, 5) is 12.8. The number of nitrogens with zero attached hydrogens (tertiary/aromatic N) is 1. The van der Waals surface area contributed by atoms with E-state index in [1.165, 1.54) is 0 Å². The van der Waals surface area contributed by atoms with Crippen LogP contribution in [0.4, 0.5) is 0 Å². The first kappa shape index (κ1) is 8.27. The molecule has 0 unspecified atom stereocenters. The first-order valence-corrected chi connectivity index (χ1v) is 3.70. The van der Waals surface area contributed by atoms with Gasteiger partial charge in [-0.1, -0.05) is 12.2 Å². The molecule has 1 amide bonds. The van der Waals surface area contributed by atoms with Crippen LogP contribution in [0.2, 0.25) is 0 Å². The molecule has 0 saturated carbocycles. The Morgan fingerprint density at radius 3 is 2.64 bits per heavy atom. The van der Waals surface area contributed by atoms with Gasteiger partial charge in [0.15, 0.2) is 0 Å². The van der Waals surface area contributed by atoms with Gasteiger partial charge < -0.3 is 10.0 Å². The molecule has 1 heterocycles. The lowest BCUT2D eigenvalue weighted by atomic mass is 10.1. The van der Waals surface area contributed by atoms with Crippen LogP contribution in [0, 0.1) is 0 Å². The molecule has 1 aliphatic rings. The highest BCUT2D eigenvalue weighted by Gasteiger charge is 2.27. The summed E-state index contributed by atoms with van der Waals surface area (Å²) in [6, 6.07) is 0. The van der Waals surface area contributed by atoms with Crippen LogP contribution in [-0.4, -0.2) is 35.1 Å². The fraction of sp³-hybridized carbons (Fsp3) is 0.625. The average molecular weight is 155 g/mol. The third-order valence-electron chi connectivity index (χ3n) is 1.67. The van der Waals surface area contributed by atoms with Crippen molar-refractivity contribution >= 4 is 5.91 Å². The zero-order valence-corrected chi connectivity index (χ0v) is 6.71. The number of aliphatic hydroxyl groups excluding tert-OH is 1. The second-order valence-corrected chi connectivity index (χ2v) is 3.09. The Bertz CT molecular complexity index is 183. The Morgan fingerprint density at radius 1 is 1.73 bits per heavy atom. The molecule has 1 N–H and O–H groups in total. The van der Waals surface area contributed by atoms with E-state index >= 15 is 0 Å². The van der Waals surface area contributed by atoms with Gasteiger partial charge in [0.05, 0.1) is 6.10 Å². The van der Waals surface area contributed by atoms with Crippen molar-refractivity contribution in [2.24, 2.45) is 0 Å². The predicted octanol–water partition coefficient (Wildman–Crippen LogP) is 0.156. The van der Waals surface area contributed by atoms with Gasteiger partial charge in [-0.2, -0.15) is 0 Å². The first-order chi connectivity index (χ1) is 5.09. The molecule has 1 rings (SSSR count). The van der Waals surface area contributed by atoms with Crippen molar-refractivity contribution in [3.05, 3.63) is 12.2 Å². The van der Waals surface area contributed by atoms with Crippen molar-refractivity contribution in [2.45, 2.75) is 19.4 Å². The SMILES string of the molecule is C=C(C)CC(=O)N1CC(O)C1. The number of carbonyl (C=O) groups is 1. The summed E-state index contributed by atoms with van der Waals surface area (Å²) in [5.41, 5.74) is 0.872. The summed E-state index contributed by atoms with van der Waals surface area (Å²) in [7, 11) is 0. The summed E-state index contributed by atoms with van der Waals surface area (Å²) in [6.07, 6.45) is 0.108. The molecule has 11 heavy (non-hydrogen) atoms. The smallest absolute Gasteiger partial charge is 0.226 e. The van der Waals surface area contributed by atoms with Gasteiger partial charge in [-0.15, -0.1) is 0 Å². The second kappa shape index (κ2) is 3.05. The highest BCUT2D eigenvalue weighted by atomic mass is 16.3. The molecule has 1 saturated heterocycles. The van der Waals surface area contributed by atoms with Crippen LogP contribution < -0.4 is 0 Å². The number of amides is 1. The number of hydrogen-bond acceptors (Lipinski definition) is 2. The molecule has 0 atom stereocenters. The highest BCUT2D eigenvalue weighted by Crippen LogP contribution is 2.10. The van der Waals surface area contributed by atoms with Gasteiger partial charge in [-0.05, 0) is 6.92 Å². The maximum Gasteiger partial charge on any atom is 0.226 e. The van der Waals surface area contributed by atoms with E-state index in [0.717, 1.165) is 5.57 Å². The van der Waals surface area contributed by atoms with E-state index in [1.54, 1.807) is 4.90 Å². The third kappa shape index (κ3) is 2.05. The van der Waals surface area contributed by atoms with Gasteiger partial charge in [0.2, 0.25) is 5.91 Å². The predicted molar refractivity (Wildman–Crippen MR) is 42.0 cm³/mol. The Labute approximate surface area is 66.3 Å². The topological polar surface area (TPSA) is 40.5 Å². The molecule has 0 aliphatic carbocycles. The molecule has 0 bridgehead atoms. The lowest BCUT2D eigenvalue weighted by molar-refractivity contribution is -0.140. The molecule has 1 fully saturated rings. The molecule has 0 radical (unpaired) electrons. The van der Waals surface area contributed by atoms with Gasteiger partial charge in [-0.3, -0.25) is 4.79 Å². The van der Waals surface area contributed by atoms with Crippen LogP contribution in [0.3, 0.4) is 0 Å². The highest BCUT2D eigenvalue weighted by molar-refractivity contribution is 5.79. The van der Waals surface area contributed by atoms with Gasteiger partial charge in [0.25, 0.3) is 0 Å². The number of β-amino-alcohol motifs (C(OH)–C–C–N with tert-alkyl or cyclic N) is 1. The van der Waals surface area contributed by atoms with Crippen molar-refractivity contribution in [1.29, 1.82) is 0 Å². The fourth-order valence-corrected chi connectivity index (χ4v) is 1.03. The summed E-state index contributed by atoms with van der Waals surface area (Å²) in [5, 5.41) is 8.89. The Balaban J connectivity index is 2.27. The largest absolute Gasteiger partial charge is 0.389 e. The molecule has 3 heteroatoms. The minimum Gasteiger partial charge on any atom is -0.389 e. The minimum absolute atomic E-state index is 0.0720. The maximum atomic E-state index is 11.1. The number of carbonyl (C=O) groups excluding carboxylic acids is 1. The molecule has 0 aromatic heterocycles. The molecule has 0 spiro atoms. The van der Waals surface area contributed by atoms with Gasteiger partial charge in [0, 0.05) is 19.5 Å². The normalized spacial score (nSPS) is 17.8. The van der Waals surface area contributed by atoms with E-state index in [1.807, 2.05) is 6.92 Å². The average Bonchev–Trinajstić information content (AvgIpc) is 1.79. The Kier molecular flexibility index (Phi) is 2.29. The summed E-state index contributed by atoms with van der Waals surface area (Å²) >= 11 is 0. The van der Waals surface area contributed by atoms with Crippen LogP contribution in [0.15, 0.2) is 12.2 Å². The molecule has 3 nitrogen and oxygen atoms in total. The molecule has 0 aromatic rings.